The molecule has 1 saturated heterocycles. The van der Waals surface area contributed by atoms with Gasteiger partial charge in [-0.3, -0.25) is 4.79 Å². The van der Waals surface area contributed by atoms with Crippen LogP contribution in [0.3, 0.4) is 0 Å². The van der Waals surface area contributed by atoms with Gasteiger partial charge in [-0.15, -0.1) is 0 Å². The second kappa shape index (κ2) is 4.97. The van der Waals surface area contributed by atoms with Crippen molar-refractivity contribution in [2.45, 2.75) is 38.7 Å². The SMILES string of the molecule is CC(C)(C)OC(=O)N1CC(C)(c2ccc3c4c(cccc24)NC3=O)C1. The minimum absolute atomic E-state index is 0.0492. The molecule has 5 heteroatoms. The predicted octanol–water partition coefficient (Wildman–Crippen LogP) is 3.91. The van der Waals surface area contributed by atoms with Crippen molar-refractivity contribution in [1.29, 1.82) is 0 Å². The van der Waals surface area contributed by atoms with E-state index in [9.17, 15) is 9.59 Å². The first-order valence-electron chi connectivity index (χ1n) is 8.53. The molecule has 2 aromatic rings. The van der Waals surface area contributed by atoms with Crippen LogP contribution in [0, 0.1) is 0 Å². The maximum Gasteiger partial charge on any atom is 0.410 e. The number of anilines is 1. The summed E-state index contributed by atoms with van der Waals surface area (Å²) in [5.41, 5.74) is 2.13. The third-order valence-electron chi connectivity index (χ3n) is 4.92. The largest absolute Gasteiger partial charge is 0.444 e. The smallest absolute Gasteiger partial charge is 0.410 e. The number of carbonyl (C=O) groups is 2. The van der Waals surface area contributed by atoms with Crippen molar-refractivity contribution < 1.29 is 14.3 Å². The number of benzene rings is 2. The molecule has 4 rings (SSSR count). The molecule has 2 heterocycles. The fraction of sp³-hybridized carbons (Fsp3) is 0.400. The number of nitrogens with one attached hydrogen (secondary N) is 1. The Kier molecular flexibility index (Phi) is 3.17. The van der Waals surface area contributed by atoms with E-state index in [4.69, 9.17) is 4.74 Å². The molecule has 2 aromatic carbocycles. The van der Waals surface area contributed by atoms with Gasteiger partial charge in [0.15, 0.2) is 0 Å². The van der Waals surface area contributed by atoms with Gasteiger partial charge in [0.2, 0.25) is 0 Å². The van der Waals surface area contributed by atoms with Gasteiger partial charge in [0.05, 0.1) is 0 Å². The van der Waals surface area contributed by atoms with Crippen molar-refractivity contribution in [3.05, 3.63) is 41.5 Å². The molecule has 0 aromatic heterocycles. The molecule has 0 atom stereocenters. The summed E-state index contributed by atoms with van der Waals surface area (Å²) in [4.78, 5) is 26.1. The Morgan fingerprint density at radius 3 is 2.60 bits per heavy atom. The molecule has 0 spiro atoms. The van der Waals surface area contributed by atoms with Gasteiger partial charge in [0.25, 0.3) is 5.91 Å². The van der Waals surface area contributed by atoms with Crippen LogP contribution in [0.5, 0.6) is 0 Å². The van der Waals surface area contributed by atoms with E-state index >= 15 is 0 Å². The van der Waals surface area contributed by atoms with Crippen LogP contribution in [-0.2, 0) is 10.2 Å². The molecule has 1 N–H and O–H groups in total. The zero-order valence-electron chi connectivity index (χ0n) is 15.0. The first-order valence-corrected chi connectivity index (χ1v) is 8.53. The minimum atomic E-state index is -0.489. The van der Waals surface area contributed by atoms with Gasteiger partial charge < -0.3 is 15.0 Å². The molecule has 0 bridgehead atoms. The van der Waals surface area contributed by atoms with Gasteiger partial charge in [-0.25, -0.2) is 4.79 Å². The Morgan fingerprint density at radius 1 is 1.20 bits per heavy atom. The van der Waals surface area contributed by atoms with E-state index in [0.29, 0.717) is 13.1 Å². The normalized spacial score (nSPS) is 18.1. The lowest BCUT2D eigenvalue weighted by atomic mass is 9.73. The van der Waals surface area contributed by atoms with Gasteiger partial charge >= 0.3 is 6.09 Å². The number of carbonyl (C=O) groups excluding carboxylic acids is 2. The van der Waals surface area contributed by atoms with E-state index in [1.54, 1.807) is 4.90 Å². The molecule has 2 aliphatic rings. The topological polar surface area (TPSA) is 58.6 Å². The zero-order chi connectivity index (χ0) is 18.0. The molecule has 5 nitrogen and oxygen atoms in total. The lowest BCUT2D eigenvalue weighted by Gasteiger charge is -2.48. The number of hydrogen-bond donors (Lipinski definition) is 1. The summed E-state index contributed by atoms with van der Waals surface area (Å²) in [6.45, 7) is 9.00. The van der Waals surface area contributed by atoms with Crippen molar-refractivity contribution >= 4 is 28.5 Å². The van der Waals surface area contributed by atoms with Crippen LogP contribution in [0.1, 0.15) is 43.6 Å². The summed E-state index contributed by atoms with van der Waals surface area (Å²) in [5, 5.41) is 4.99. The second-order valence-electron chi connectivity index (χ2n) is 8.24. The van der Waals surface area contributed by atoms with E-state index in [2.05, 4.69) is 18.3 Å². The molecule has 25 heavy (non-hydrogen) atoms. The van der Waals surface area contributed by atoms with E-state index in [1.165, 1.54) is 5.56 Å². The van der Waals surface area contributed by atoms with Crippen molar-refractivity contribution in [2.75, 3.05) is 18.4 Å². The average Bonchev–Trinajstić information content (AvgIpc) is 2.81. The van der Waals surface area contributed by atoms with Gasteiger partial charge in [0, 0.05) is 35.1 Å². The highest BCUT2D eigenvalue weighted by atomic mass is 16.6. The molecule has 0 aliphatic carbocycles. The van der Waals surface area contributed by atoms with Crippen LogP contribution in [0.2, 0.25) is 0 Å². The zero-order valence-corrected chi connectivity index (χ0v) is 15.0. The maximum atomic E-state index is 12.2. The molecular weight excluding hydrogens is 316 g/mol. The van der Waals surface area contributed by atoms with Crippen LogP contribution in [-0.4, -0.2) is 35.6 Å². The number of hydrogen-bond acceptors (Lipinski definition) is 3. The van der Waals surface area contributed by atoms with Crippen LogP contribution in [0.4, 0.5) is 10.5 Å². The third kappa shape index (κ3) is 2.46. The summed E-state index contributed by atoms with van der Waals surface area (Å²) in [6, 6.07) is 9.86. The quantitative estimate of drug-likeness (QED) is 0.857. The van der Waals surface area contributed by atoms with E-state index in [1.807, 2.05) is 45.0 Å². The Hall–Kier alpha value is -2.56. The molecule has 2 aliphatic heterocycles. The van der Waals surface area contributed by atoms with Gasteiger partial charge in [-0.1, -0.05) is 25.1 Å². The van der Waals surface area contributed by atoms with Gasteiger partial charge in [0.1, 0.15) is 5.60 Å². The van der Waals surface area contributed by atoms with Crippen molar-refractivity contribution in [2.24, 2.45) is 0 Å². The van der Waals surface area contributed by atoms with Crippen LogP contribution < -0.4 is 5.32 Å². The van der Waals surface area contributed by atoms with Crippen molar-refractivity contribution in [3.63, 3.8) is 0 Å². The number of rotatable bonds is 1. The Balaban J connectivity index is 1.65. The molecular formula is C20H22N2O3. The van der Waals surface area contributed by atoms with Gasteiger partial charge in [-0.2, -0.15) is 0 Å². The Labute approximate surface area is 146 Å². The molecule has 0 unspecified atom stereocenters. The lowest BCUT2D eigenvalue weighted by molar-refractivity contribution is -0.00627. The predicted molar refractivity (Wildman–Crippen MR) is 97.1 cm³/mol. The van der Waals surface area contributed by atoms with Crippen molar-refractivity contribution in [3.8, 4) is 0 Å². The Morgan fingerprint density at radius 2 is 1.92 bits per heavy atom. The fourth-order valence-electron chi connectivity index (χ4n) is 3.84. The number of ether oxygens (including phenoxy) is 1. The van der Waals surface area contributed by atoms with Crippen LogP contribution in [0.15, 0.2) is 30.3 Å². The first-order chi connectivity index (χ1) is 11.7. The molecule has 0 radical (unpaired) electrons. The van der Waals surface area contributed by atoms with Crippen LogP contribution in [0.25, 0.3) is 10.8 Å². The van der Waals surface area contributed by atoms with E-state index < -0.39 is 5.60 Å². The molecule has 1 fully saturated rings. The van der Waals surface area contributed by atoms with E-state index in [0.717, 1.165) is 22.0 Å². The first kappa shape index (κ1) is 15.9. The highest BCUT2D eigenvalue weighted by Gasteiger charge is 2.45. The maximum absolute atomic E-state index is 12.2. The summed E-state index contributed by atoms with van der Waals surface area (Å²) < 4.78 is 5.45. The fourth-order valence-corrected chi connectivity index (χ4v) is 3.84. The lowest BCUT2D eigenvalue weighted by Crippen LogP contribution is -2.60. The highest BCUT2D eigenvalue weighted by molar-refractivity contribution is 6.24. The van der Waals surface area contributed by atoms with Crippen molar-refractivity contribution in [1.82, 2.24) is 4.90 Å². The summed E-state index contributed by atoms with van der Waals surface area (Å²) in [5.74, 6) is -0.0492. The second-order valence-corrected chi connectivity index (χ2v) is 8.24. The molecule has 130 valence electrons. The summed E-state index contributed by atoms with van der Waals surface area (Å²) in [6.07, 6.45) is -0.271. The third-order valence-corrected chi connectivity index (χ3v) is 4.92. The molecule has 0 saturated carbocycles. The number of nitrogens with zero attached hydrogens (tertiary/aromatic N) is 1. The average molecular weight is 338 g/mol. The minimum Gasteiger partial charge on any atom is -0.444 e. The Bertz CT molecular complexity index is 905. The highest BCUT2D eigenvalue weighted by Crippen LogP contribution is 2.42. The monoisotopic (exact) mass is 338 g/mol. The number of amides is 2. The number of likely N-dealkylation sites (tertiary alicyclic amines) is 1. The van der Waals surface area contributed by atoms with E-state index in [-0.39, 0.29) is 17.4 Å². The molecule has 2 amide bonds. The summed E-state index contributed by atoms with van der Waals surface area (Å²) in [7, 11) is 0. The van der Waals surface area contributed by atoms with Crippen LogP contribution >= 0.6 is 0 Å². The van der Waals surface area contributed by atoms with Gasteiger partial charge in [-0.05, 0) is 43.9 Å². The summed E-state index contributed by atoms with van der Waals surface area (Å²) >= 11 is 0. The standard InChI is InChI=1S/C20H22N2O3/c1-19(2,3)25-18(24)22-10-20(4,11-22)14-9-8-13-16-12(14)6-5-7-15(16)21-17(13)23/h5-9H,10-11H2,1-4H3,(H,21,23).